The Bertz CT molecular complexity index is 957. The zero-order chi connectivity index (χ0) is 14.6. The molecule has 106 valence electrons. The fraction of sp³-hybridized carbons (Fsp3) is 0.214. The molecule has 0 aliphatic carbocycles. The zero-order valence-corrected chi connectivity index (χ0v) is 11.9. The number of nitrogens with two attached hydrogens (primary N) is 1. The van der Waals surface area contributed by atoms with E-state index >= 15 is 0 Å². The van der Waals surface area contributed by atoms with Gasteiger partial charge in [-0.15, -0.1) is 0 Å². The standard InChI is InChI=1S/C14H12N4O2S/c15-10(19)7-18-9-4-2-1-3-8(9)11-12(18)13(20)17-5-6-21-14(17)16-11/h1-4H,5-7H2,(H2,15,19). The van der Waals surface area contributed by atoms with Crippen LogP contribution in [0.2, 0.25) is 0 Å². The summed E-state index contributed by atoms with van der Waals surface area (Å²) in [6.45, 7) is 0.632. The number of hydrogen-bond donors (Lipinski definition) is 1. The van der Waals surface area contributed by atoms with Gasteiger partial charge >= 0.3 is 0 Å². The molecule has 3 aromatic rings. The van der Waals surface area contributed by atoms with Crippen LogP contribution < -0.4 is 11.3 Å². The Hall–Kier alpha value is -2.28. The van der Waals surface area contributed by atoms with E-state index in [1.165, 1.54) is 0 Å². The van der Waals surface area contributed by atoms with E-state index in [0.29, 0.717) is 17.6 Å². The topological polar surface area (TPSA) is 82.9 Å². The van der Waals surface area contributed by atoms with Crippen LogP contribution in [0.5, 0.6) is 0 Å². The largest absolute Gasteiger partial charge is 0.368 e. The minimum Gasteiger partial charge on any atom is -0.368 e. The Morgan fingerprint density at radius 3 is 3.00 bits per heavy atom. The molecule has 0 unspecified atom stereocenters. The Morgan fingerprint density at radius 1 is 1.38 bits per heavy atom. The predicted molar refractivity (Wildman–Crippen MR) is 81.4 cm³/mol. The van der Waals surface area contributed by atoms with Gasteiger partial charge in [-0.05, 0) is 6.07 Å². The Labute approximate surface area is 123 Å². The highest BCUT2D eigenvalue weighted by molar-refractivity contribution is 7.99. The first-order valence-electron chi connectivity index (χ1n) is 6.59. The van der Waals surface area contributed by atoms with E-state index in [-0.39, 0.29) is 12.1 Å². The first-order chi connectivity index (χ1) is 10.2. The SMILES string of the molecule is NC(=O)Cn1c2ccccc2c2nc3n(c(=O)c21)CCS3. The van der Waals surface area contributed by atoms with Gasteiger partial charge in [0.25, 0.3) is 5.56 Å². The minimum atomic E-state index is -0.475. The number of para-hydroxylation sites is 1. The summed E-state index contributed by atoms with van der Waals surface area (Å²) in [5.41, 5.74) is 7.16. The summed E-state index contributed by atoms with van der Waals surface area (Å²) in [4.78, 5) is 28.7. The molecule has 3 heterocycles. The maximum Gasteiger partial charge on any atom is 0.278 e. The second kappa shape index (κ2) is 4.36. The summed E-state index contributed by atoms with van der Waals surface area (Å²) in [6.07, 6.45) is 0. The van der Waals surface area contributed by atoms with Crippen LogP contribution in [-0.2, 0) is 17.9 Å². The monoisotopic (exact) mass is 300 g/mol. The van der Waals surface area contributed by atoms with Crippen LogP contribution in [0.1, 0.15) is 0 Å². The van der Waals surface area contributed by atoms with Gasteiger partial charge in [0.15, 0.2) is 5.16 Å². The number of thioether (sulfide) groups is 1. The van der Waals surface area contributed by atoms with Gasteiger partial charge in [-0.3, -0.25) is 14.2 Å². The summed E-state index contributed by atoms with van der Waals surface area (Å²) >= 11 is 1.58. The average molecular weight is 300 g/mol. The van der Waals surface area contributed by atoms with E-state index < -0.39 is 5.91 Å². The number of carbonyl (C=O) groups excluding carboxylic acids is 1. The fourth-order valence-electron chi connectivity index (χ4n) is 2.84. The molecule has 0 spiro atoms. The molecule has 0 atom stereocenters. The van der Waals surface area contributed by atoms with E-state index in [2.05, 4.69) is 4.98 Å². The normalized spacial score (nSPS) is 13.9. The quantitative estimate of drug-likeness (QED) is 0.714. The van der Waals surface area contributed by atoms with Crippen molar-refractivity contribution in [1.29, 1.82) is 0 Å². The molecule has 21 heavy (non-hydrogen) atoms. The van der Waals surface area contributed by atoms with Crippen LogP contribution in [0.25, 0.3) is 21.9 Å². The molecule has 0 bridgehead atoms. The van der Waals surface area contributed by atoms with E-state index in [1.54, 1.807) is 20.9 Å². The van der Waals surface area contributed by atoms with Crippen molar-refractivity contribution in [3.63, 3.8) is 0 Å². The molecule has 6 nitrogen and oxygen atoms in total. The third-order valence-corrected chi connectivity index (χ3v) is 4.65. The number of fused-ring (bicyclic) bond motifs is 4. The highest BCUT2D eigenvalue weighted by Gasteiger charge is 2.22. The molecule has 1 aromatic carbocycles. The lowest BCUT2D eigenvalue weighted by Crippen LogP contribution is -2.25. The lowest BCUT2D eigenvalue weighted by molar-refractivity contribution is -0.118. The van der Waals surface area contributed by atoms with E-state index in [0.717, 1.165) is 21.8 Å². The lowest BCUT2D eigenvalue weighted by atomic mass is 10.2. The molecule has 1 aliphatic heterocycles. The summed E-state index contributed by atoms with van der Waals surface area (Å²) in [6, 6.07) is 7.56. The molecule has 4 rings (SSSR count). The van der Waals surface area contributed by atoms with Crippen LogP contribution in [0, 0.1) is 0 Å². The molecular formula is C14H12N4O2S. The zero-order valence-electron chi connectivity index (χ0n) is 11.1. The number of carbonyl (C=O) groups is 1. The smallest absolute Gasteiger partial charge is 0.278 e. The van der Waals surface area contributed by atoms with E-state index in [9.17, 15) is 9.59 Å². The number of hydrogen-bond acceptors (Lipinski definition) is 4. The van der Waals surface area contributed by atoms with Gasteiger partial charge in [0, 0.05) is 17.7 Å². The van der Waals surface area contributed by atoms with Gasteiger partial charge in [0.2, 0.25) is 5.91 Å². The van der Waals surface area contributed by atoms with Crippen LogP contribution in [0.15, 0.2) is 34.2 Å². The van der Waals surface area contributed by atoms with Crippen molar-refractivity contribution in [2.24, 2.45) is 5.73 Å². The Kier molecular flexibility index (Phi) is 2.58. The number of rotatable bonds is 2. The van der Waals surface area contributed by atoms with Crippen molar-refractivity contribution in [1.82, 2.24) is 14.1 Å². The van der Waals surface area contributed by atoms with Crippen LogP contribution in [-0.4, -0.2) is 25.8 Å². The molecule has 7 heteroatoms. The number of amides is 1. The Morgan fingerprint density at radius 2 is 2.19 bits per heavy atom. The first kappa shape index (κ1) is 12.5. The molecule has 0 saturated heterocycles. The van der Waals surface area contributed by atoms with Gasteiger partial charge in [-0.2, -0.15) is 0 Å². The van der Waals surface area contributed by atoms with Crippen molar-refractivity contribution in [3.8, 4) is 0 Å². The number of benzene rings is 1. The highest BCUT2D eigenvalue weighted by atomic mass is 32.2. The van der Waals surface area contributed by atoms with Crippen molar-refractivity contribution >= 4 is 39.6 Å². The molecular weight excluding hydrogens is 288 g/mol. The van der Waals surface area contributed by atoms with E-state index in [4.69, 9.17) is 5.73 Å². The average Bonchev–Trinajstić information content (AvgIpc) is 3.04. The van der Waals surface area contributed by atoms with Crippen molar-refractivity contribution in [2.45, 2.75) is 18.2 Å². The summed E-state index contributed by atoms with van der Waals surface area (Å²) in [7, 11) is 0. The third-order valence-electron chi connectivity index (χ3n) is 3.69. The van der Waals surface area contributed by atoms with Crippen LogP contribution >= 0.6 is 11.8 Å². The van der Waals surface area contributed by atoms with Crippen molar-refractivity contribution in [2.75, 3.05) is 5.75 Å². The van der Waals surface area contributed by atoms with Gasteiger partial charge in [-0.25, -0.2) is 4.98 Å². The lowest BCUT2D eigenvalue weighted by Gasteiger charge is -2.05. The van der Waals surface area contributed by atoms with Crippen LogP contribution in [0.3, 0.4) is 0 Å². The van der Waals surface area contributed by atoms with Crippen molar-refractivity contribution in [3.05, 3.63) is 34.6 Å². The second-order valence-electron chi connectivity index (χ2n) is 4.97. The van der Waals surface area contributed by atoms with Gasteiger partial charge in [0.1, 0.15) is 17.6 Å². The Balaban J connectivity index is 2.22. The van der Waals surface area contributed by atoms with E-state index in [1.807, 2.05) is 24.3 Å². The maximum absolute atomic E-state index is 12.7. The number of nitrogens with zero attached hydrogens (tertiary/aromatic N) is 3. The highest BCUT2D eigenvalue weighted by Crippen LogP contribution is 2.29. The molecule has 0 radical (unpaired) electrons. The van der Waals surface area contributed by atoms with Gasteiger partial charge in [-0.1, -0.05) is 30.0 Å². The second-order valence-corrected chi connectivity index (χ2v) is 6.03. The minimum absolute atomic E-state index is 0.0204. The van der Waals surface area contributed by atoms with Crippen LogP contribution in [0.4, 0.5) is 0 Å². The molecule has 1 aliphatic rings. The fourth-order valence-corrected chi connectivity index (χ4v) is 3.78. The van der Waals surface area contributed by atoms with Gasteiger partial charge < -0.3 is 10.3 Å². The molecule has 1 amide bonds. The third kappa shape index (κ3) is 1.70. The number of aromatic nitrogens is 3. The predicted octanol–water partition coefficient (Wildman–Crippen LogP) is 0.942. The van der Waals surface area contributed by atoms with Crippen molar-refractivity contribution < 1.29 is 4.79 Å². The summed E-state index contributed by atoms with van der Waals surface area (Å²) in [5, 5.41) is 1.62. The molecule has 2 N–H and O–H groups in total. The number of primary amides is 1. The molecule has 0 saturated carbocycles. The first-order valence-corrected chi connectivity index (χ1v) is 7.58. The summed E-state index contributed by atoms with van der Waals surface area (Å²) in [5.74, 6) is 0.375. The molecule has 2 aromatic heterocycles. The van der Waals surface area contributed by atoms with Gasteiger partial charge in [0.05, 0.1) is 5.52 Å². The summed E-state index contributed by atoms with van der Waals surface area (Å²) < 4.78 is 3.35. The maximum atomic E-state index is 12.7. The molecule has 0 fully saturated rings.